The zero-order valence-corrected chi connectivity index (χ0v) is 14.2. The van der Waals surface area contributed by atoms with Gasteiger partial charge in [0.25, 0.3) is 5.69 Å². The van der Waals surface area contributed by atoms with Crippen LogP contribution in [0.25, 0.3) is 0 Å². The Morgan fingerprint density at radius 3 is 2.50 bits per heavy atom. The van der Waals surface area contributed by atoms with E-state index in [0.29, 0.717) is 11.6 Å². The molecule has 0 amide bonds. The topological polar surface area (TPSA) is 55.2 Å². The Bertz CT molecular complexity index is 475. The monoisotopic (exact) mass is 342 g/mol. The van der Waals surface area contributed by atoms with Crippen molar-refractivity contribution in [1.29, 1.82) is 0 Å². The first-order chi connectivity index (χ1) is 9.31. The van der Waals surface area contributed by atoms with Gasteiger partial charge in [0.15, 0.2) is 0 Å². The van der Waals surface area contributed by atoms with Crippen LogP contribution >= 0.6 is 15.9 Å². The van der Waals surface area contributed by atoms with Crippen molar-refractivity contribution in [2.24, 2.45) is 5.92 Å². The molecule has 112 valence electrons. The molecule has 0 bridgehead atoms. The third-order valence-electron chi connectivity index (χ3n) is 3.30. The largest absolute Gasteiger partial charge is 0.382 e. The molecular weight excluding hydrogens is 320 g/mol. The number of aryl methyl sites for hydroxylation is 1. The summed E-state index contributed by atoms with van der Waals surface area (Å²) in [7, 11) is 0. The van der Waals surface area contributed by atoms with Gasteiger partial charge in [-0.1, -0.05) is 26.7 Å². The molecule has 0 aromatic heterocycles. The minimum absolute atomic E-state index is 0.148. The summed E-state index contributed by atoms with van der Waals surface area (Å²) in [5.74, 6) is 0.732. The van der Waals surface area contributed by atoms with Gasteiger partial charge in [0, 0.05) is 27.8 Å². The molecule has 0 saturated heterocycles. The highest BCUT2D eigenvalue weighted by Gasteiger charge is 2.15. The van der Waals surface area contributed by atoms with Gasteiger partial charge in [-0.15, -0.1) is 0 Å². The highest BCUT2D eigenvalue weighted by molar-refractivity contribution is 9.10. The maximum Gasteiger partial charge on any atom is 0.273 e. The first-order valence-corrected chi connectivity index (χ1v) is 7.81. The summed E-state index contributed by atoms with van der Waals surface area (Å²) in [6.45, 7) is 8.37. The van der Waals surface area contributed by atoms with Gasteiger partial charge in [-0.2, -0.15) is 0 Å². The first kappa shape index (κ1) is 17.0. The van der Waals surface area contributed by atoms with Crippen molar-refractivity contribution >= 4 is 27.3 Å². The molecule has 4 nitrogen and oxygen atoms in total. The van der Waals surface area contributed by atoms with Crippen LogP contribution < -0.4 is 5.32 Å². The second-order valence-corrected chi connectivity index (χ2v) is 6.60. The zero-order chi connectivity index (χ0) is 15.3. The molecule has 5 heteroatoms. The normalized spacial score (nSPS) is 12.5. The van der Waals surface area contributed by atoms with E-state index >= 15 is 0 Å². The van der Waals surface area contributed by atoms with Crippen LogP contribution in [0, 0.1) is 23.0 Å². The molecule has 0 spiro atoms. The Kier molecular flexibility index (Phi) is 6.46. The molecule has 1 aromatic carbocycles. The Balaban J connectivity index is 2.68. The van der Waals surface area contributed by atoms with Crippen LogP contribution in [-0.4, -0.2) is 11.0 Å². The van der Waals surface area contributed by atoms with Crippen molar-refractivity contribution in [3.63, 3.8) is 0 Å². The Labute approximate surface area is 129 Å². The van der Waals surface area contributed by atoms with Gasteiger partial charge < -0.3 is 5.32 Å². The van der Waals surface area contributed by atoms with Gasteiger partial charge in [0.05, 0.1) is 4.92 Å². The van der Waals surface area contributed by atoms with Crippen molar-refractivity contribution in [3.8, 4) is 0 Å². The Hall–Kier alpha value is -1.10. The quantitative estimate of drug-likeness (QED) is 0.540. The van der Waals surface area contributed by atoms with E-state index in [1.54, 1.807) is 13.0 Å². The molecular formula is C15H23BrN2O2. The number of anilines is 1. The third-order valence-corrected chi connectivity index (χ3v) is 3.96. The fourth-order valence-electron chi connectivity index (χ4n) is 2.15. The summed E-state index contributed by atoms with van der Waals surface area (Å²) in [6, 6.07) is 3.76. The van der Waals surface area contributed by atoms with Crippen molar-refractivity contribution in [1.82, 2.24) is 0 Å². The van der Waals surface area contributed by atoms with E-state index in [0.717, 1.165) is 22.5 Å². The van der Waals surface area contributed by atoms with Crippen molar-refractivity contribution in [2.75, 3.05) is 5.32 Å². The van der Waals surface area contributed by atoms with Gasteiger partial charge in [0.2, 0.25) is 0 Å². The maximum absolute atomic E-state index is 10.9. The number of nitrogens with one attached hydrogen (secondary N) is 1. The van der Waals surface area contributed by atoms with Gasteiger partial charge >= 0.3 is 0 Å². The lowest BCUT2D eigenvalue weighted by atomic mass is 10.0. The summed E-state index contributed by atoms with van der Waals surface area (Å²) in [5, 5.41) is 14.3. The predicted octanol–water partition coefficient (Wildman–Crippen LogP) is 5.29. The highest BCUT2D eigenvalue weighted by atomic mass is 79.9. The van der Waals surface area contributed by atoms with Crippen LogP contribution in [0.2, 0.25) is 0 Å². The number of hydrogen-bond acceptors (Lipinski definition) is 3. The molecule has 0 heterocycles. The van der Waals surface area contributed by atoms with E-state index in [1.807, 2.05) is 6.07 Å². The van der Waals surface area contributed by atoms with Crippen LogP contribution in [0.5, 0.6) is 0 Å². The molecule has 0 aliphatic rings. The fourth-order valence-corrected chi connectivity index (χ4v) is 2.59. The summed E-state index contributed by atoms with van der Waals surface area (Å²) in [5.41, 5.74) is 1.75. The highest BCUT2D eigenvalue weighted by Crippen LogP contribution is 2.31. The molecule has 0 radical (unpaired) electrons. The van der Waals surface area contributed by atoms with Gasteiger partial charge in [0.1, 0.15) is 0 Å². The smallest absolute Gasteiger partial charge is 0.273 e. The van der Waals surface area contributed by atoms with Gasteiger partial charge in [-0.25, -0.2) is 0 Å². The standard InChI is InChI=1S/C15H23BrN2O2/c1-10(2)6-5-7-12(4)17-14-8-11(3)15(18(19)20)9-13(14)16/h8-10,12,17H,5-7H2,1-4H3. The molecule has 1 N–H and O–H groups in total. The van der Waals surface area contributed by atoms with E-state index in [2.05, 4.69) is 42.0 Å². The lowest BCUT2D eigenvalue weighted by Crippen LogP contribution is -2.15. The van der Waals surface area contributed by atoms with Crippen LogP contribution in [0.15, 0.2) is 16.6 Å². The number of benzene rings is 1. The molecule has 0 aliphatic carbocycles. The third kappa shape index (κ3) is 5.12. The molecule has 1 aromatic rings. The van der Waals surface area contributed by atoms with E-state index < -0.39 is 0 Å². The second kappa shape index (κ2) is 7.62. The van der Waals surface area contributed by atoms with E-state index in [9.17, 15) is 10.1 Å². The molecule has 1 unspecified atom stereocenters. The molecule has 0 fully saturated rings. The van der Waals surface area contributed by atoms with Gasteiger partial charge in [-0.3, -0.25) is 10.1 Å². The minimum Gasteiger partial charge on any atom is -0.382 e. The van der Waals surface area contributed by atoms with Gasteiger partial charge in [-0.05, 0) is 48.2 Å². The molecule has 1 rings (SSSR count). The van der Waals surface area contributed by atoms with Crippen molar-refractivity contribution in [3.05, 3.63) is 32.3 Å². The first-order valence-electron chi connectivity index (χ1n) is 7.02. The van der Waals surface area contributed by atoms with Crippen molar-refractivity contribution in [2.45, 2.75) is 53.0 Å². The number of nitro groups is 1. The van der Waals surface area contributed by atoms with E-state index in [4.69, 9.17) is 0 Å². The number of nitrogens with zero attached hydrogens (tertiary/aromatic N) is 1. The SMILES string of the molecule is Cc1cc(NC(C)CCCC(C)C)c(Br)cc1[N+](=O)[O-]. The number of nitro benzene ring substituents is 1. The maximum atomic E-state index is 10.9. The average Bonchev–Trinajstić information content (AvgIpc) is 2.32. The van der Waals surface area contributed by atoms with Crippen molar-refractivity contribution < 1.29 is 4.92 Å². The average molecular weight is 343 g/mol. The molecule has 0 saturated carbocycles. The predicted molar refractivity (Wildman–Crippen MR) is 87.3 cm³/mol. The summed E-state index contributed by atoms with van der Waals surface area (Å²) in [6.07, 6.45) is 3.52. The zero-order valence-electron chi connectivity index (χ0n) is 12.6. The number of hydrogen-bond donors (Lipinski definition) is 1. The van der Waals surface area contributed by atoms with E-state index in [1.165, 1.54) is 12.8 Å². The molecule has 0 aliphatic heterocycles. The Morgan fingerprint density at radius 2 is 1.95 bits per heavy atom. The lowest BCUT2D eigenvalue weighted by Gasteiger charge is -2.17. The Morgan fingerprint density at radius 1 is 1.30 bits per heavy atom. The van der Waals surface area contributed by atoms with Crippen LogP contribution in [0.1, 0.15) is 45.6 Å². The van der Waals surface area contributed by atoms with Crippen LogP contribution in [0.3, 0.4) is 0 Å². The van der Waals surface area contributed by atoms with E-state index in [-0.39, 0.29) is 10.6 Å². The summed E-state index contributed by atoms with van der Waals surface area (Å²) >= 11 is 3.40. The molecule has 1 atom stereocenters. The minimum atomic E-state index is -0.351. The second-order valence-electron chi connectivity index (χ2n) is 5.75. The number of rotatable bonds is 7. The summed E-state index contributed by atoms with van der Waals surface area (Å²) in [4.78, 5) is 10.5. The molecule has 20 heavy (non-hydrogen) atoms. The van der Waals surface area contributed by atoms with Crippen LogP contribution in [-0.2, 0) is 0 Å². The lowest BCUT2D eigenvalue weighted by molar-refractivity contribution is -0.385. The van der Waals surface area contributed by atoms with Crippen LogP contribution in [0.4, 0.5) is 11.4 Å². The number of halogens is 1. The fraction of sp³-hybridized carbons (Fsp3) is 0.600. The summed E-state index contributed by atoms with van der Waals surface area (Å²) < 4.78 is 0.741.